The van der Waals surface area contributed by atoms with Crippen molar-refractivity contribution in [1.29, 1.82) is 0 Å². The molecule has 0 bridgehead atoms. The highest BCUT2D eigenvalue weighted by molar-refractivity contribution is 8.13. The lowest BCUT2D eigenvalue weighted by Crippen LogP contribution is -2.06. The highest BCUT2D eigenvalue weighted by Crippen LogP contribution is 2.25. The highest BCUT2D eigenvalue weighted by Gasteiger charge is 2.17. The Balaban J connectivity index is 2.96. The van der Waals surface area contributed by atoms with Crippen molar-refractivity contribution in [3.63, 3.8) is 0 Å². The number of carbonyl (C=O) groups is 1. The van der Waals surface area contributed by atoms with Crippen molar-refractivity contribution in [2.75, 3.05) is 18.6 Å². The third-order valence-corrected chi connectivity index (χ3v) is 4.26. The quantitative estimate of drug-likeness (QED) is 0.613. The smallest absolute Gasteiger partial charge is 0.339 e. The molecule has 0 saturated heterocycles. The van der Waals surface area contributed by atoms with Crippen molar-refractivity contribution in [2.24, 2.45) is 0 Å². The molecule has 0 amide bonds. The number of halogens is 1. The Kier molecular flexibility index (Phi) is 5.96. The molecular formula is C11H13ClO5S2. The van der Waals surface area contributed by atoms with E-state index in [-0.39, 0.29) is 16.2 Å². The average molecular weight is 325 g/mol. The van der Waals surface area contributed by atoms with Gasteiger partial charge in [-0.15, -0.1) is 0 Å². The summed E-state index contributed by atoms with van der Waals surface area (Å²) < 4.78 is 27.6. The van der Waals surface area contributed by atoms with Gasteiger partial charge in [0.1, 0.15) is 11.3 Å². The van der Waals surface area contributed by atoms with Gasteiger partial charge in [-0.25, -0.2) is 13.2 Å². The van der Waals surface area contributed by atoms with Crippen LogP contribution in [0.15, 0.2) is 23.1 Å². The number of carboxylic acids is 1. The molecule has 0 unspecified atom stereocenters. The van der Waals surface area contributed by atoms with Crippen LogP contribution in [-0.2, 0) is 9.05 Å². The molecule has 1 rings (SSSR count). The van der Waals surface area contributed by atoms with Gasteiger partial charge in [0.2, 0.25) is 0 Å². The normalized spacial score (nSPS) is 11.3. The van der Waals surface area contributed by atoms with Crippen LogP contribution < -0.4 is 4.74 Å². The largest absolute Gasteiger partial charge is 0.493 e. The molecule has 8 heteroatoms. The maximum Gasteiger partial charge on any atom is 0.339 e. The summed E-state index contributed by atoms with van der Waals surface area (Å²) in [5.74, 6) is -0.226. The van der Waals surface area contributed by atoms with Crippen LogP contribution in [0.1, 0.15) is 16.8 Å². The molecule has 0 aliphatic rings. The van der Waals surface area contributed by atoms with Gasteiger partial charge in [0.15, 0.2) is 0 Å². The van der Waals surface area contributed by atoms with E-state index in [2.05, 4.69) is 0 Å². The Labute approximate surface area is 120 Å². The van der Waals surface area contributed by atoms with Gasteiger partial charge in [0, 0.05) is 10.7 Å². The number of benzene rings is 1. The van der Waals surface area contributed by atoms with Crippen LogP contribution in [0, 0.1) is 0 Å². The number of rotatable bonds is 7. The molecule has 5 nitrogen and oxygen atoms in total. The average Bonchev–Trinajstić information content (AvgIpc) is 2.33. The minimum atomic E-state index is -3.95. The van der Waals surface area contributed by atoms with Crippen LogP contribution in [0.4, 0.5) is 0 Å². The van der Waals surface area contributed by atoms with Gasteiger partial charge in [-0.1, -0.05) is 0 Å². The van der Waals surface area contributed by atoms with Crippen LogP contribution >= 0.6 is 22.4 Å². The Morgan fingerprint density at radius 1 is 1.47 bits per heavy atom. The van der Waals surface area contributed by atoms with Gasteiger partial charge in [0.05, 0.1) is 11.5 Å². The van der Waals surface area contributed by atoms with Crippen molar-refractivity contribution in [1.82, 2.24) is 0 Å². The van der Waals surface area contributed by atoms with Crippen LogP contribution in [0.25, 0.3) is 0 Å². The molecule has 106 valence electrons. The van der Waals surface area contributed by atoms with Gasteiger partial charge < -0.3 is 9.84 Å². The third-order valence-electron chi connectivity index (χ3n) is 2.21. The van der Waals surface area contributed by atoms with Crippen LogP contribution in [-0.4, -0.2) is 38.1 Å². The van der Waals surface area contributed by atoms with Crippen LogP contribution in [0.5, 0.6) is 5.75 Å². The monoisotopic (exact) mass is 324 g/mol. The third kappa shape index (κ3) is 4.93. The minimum absolute atomic E-state index is 0.137. The maximum absolute atomic E-state index is 11.1. The minimum Gasteiger partial charge on any atom is -0.493 e. The molecule has 0 atom stereocenters. The standard InChI is InChI=1S/C11H13ClO5S2/c1-18-6-2-5-17-10-4-3-8(19(12,15)16)7-9(10)11(13)14/h3-4,7H,2,5-6H2,1H3,(H,13,14). The molecule has 0 aromatic heterocycles. The summed E-state index contributed by atoms with van der Waals surface area (Å²) in [5.41, 5.74) is -0.217. The predicted octanol–water partition coefficient (Wildman–Crippen LogP) is 2.44. The second-order valence-corrected chi connectivity index (χ2v) is 7.15. The zero-order valence-electron chi connectivity index (χ0n) is 10.1. The lowest BCUT2D eigenvalue weighted by atomic mass is 10.2. The Morgan fingerprint density at radius 3 is 2.68 bits per heavy atom. The summed E-state index contributed by atoms with van der Waals surface area (Å²) in [6, 6.07) is 3.52. The topological polar surface area (TPSA) is 80.7 Å². The van der Waals surface area contributed by atoms with Crippen molar-refractivity contribution in [3.05, 3.63) is 23.8 Å². The van der Waals surface area contributed by atoms with Gasteiger partial charge in [-0.3, -0.25) is 0 Å². The summed E-state index contributed by atoms with van der Waals surface area (Å²) in [6.45, 7) is 0.369. The summed E-state index contributed by atoms with van der Waals surface area (Å²) >= 11 is 1.66. The van der Waals surface area contributed by atoms with Crippen molar-refractivity contribution >= 4 is 37.5 Å². The SMILES string of the molecule is CSCCCOc1ccc(S(=O)(=O)Cl)cc1C(=O)O. The number of hydrogen-bond acceptors (Lipinski definition) is 5. The fourth-order valence-corrected chi connectivity index (χ4v) is 2.52. The number of ether oxygens (including phenoxy) is 1. The van der Waals surface area contributed by atoms with Gasteiger partial charge in [0.25, 0.3) is 9.05 Å². The fraction of sp³-hybridized carbons (Fsp3) is 0.364. The van der Waals surface area contributed by atoms with E-state index >= 15 is 0 Å². The molecule has 0 saturated carbocycles. The van der Waals surface area contributed by atoms with Crippen LogP contribution in [0.3, 0.4) is 0 Å². The maximum atomic E-state index is 11.1. The van der Waals surface area contributed by atoms with Crippen molar-refractivity contribution < 1.29 is 23.1 Å². The van der Waals surface area contributed by atoms with Crippen LogP contribution in [0.2, 0.25) is 0 Å². The van der Waals surface area contributed by atoms with E-state index in [1.807, 2.05) is 6.26 Å². The van der Waals surface area contributed by atoms with E-state index in [0.717, 1.165) is 18.2 Å². The lowest BCUT2D eigenvalue weighted by Gasteiger charge is -2.09. The number of hydrogen-bond donors (Lipinski definition) is 1. The van der Waals surface area contributed by atoms with E-state index in [1.54, 1.807) is 11.8 Å². The summed E-state index contributed by atoms with van der Waals surface area (Å²) in [7, 11) is 1.21. The number of aromatic carboxylic acids is 1. The van der Waals surface area contributed by atoms with Gasteiger partial charge >= 0.3 is 5.97 Å². The first-order valence-electron chi connectivity index (χ1n) is 5.30. The Morgan fingerprint density at radius 2 is 2.16 bits per heavy atom. The van der Waals surface area contributed by atoms with E-state index in [4.69, 9.17) is 20.5 Å². The lowest BCUT2D eigenvalue weighted by molar-refractivity contribution is 0.0692. The molecule has 0 spiro atoms. The van der Waals surface area contributed by atoms with E-state index < -0.39 is 15.0 Å². The molecule has 0 radical (unpaired) electrons. The zero-order chi connectivity index (χ0) is 14.5. The Hall–Kier alpha value is -0.920. The summed E-state index contributed by atoms with van der Waals surface area (Å²) in [5, 5.41) is 9.04. The second kappa shape index (κ2) is 7.02. The molecule has 0 heterocycles. The van der Waals surface area contributed by atoms with Gasteiger partial charge in [-0.2, -0.15) is 11.8 Å². The summed E-state index contributed by atoms with van der Waals surface area (Å²) in [6.07, 6.45) is 2.73. The van der Waals surface area contributed by atoms with Gasteiger partial charge in [-0.05, 0) is 36.6 Å². The Bertz CT molecular complexity index is 556. The zero-order valence-corrected chi connectivity index (χ0v) is 12.5. The first kappa shape index (κ1) is 16.1. The van der Waals surface area contributed by atoms with E-state index in [1.165, 1.54) is 12.1 Å². The highest BCUT2D eigenvalue weighted by atomic mass is 35.7. The number of thioether (sulfide) groups is 1. The molecule has 1 aromatic carbocycles. The molecule has 1 N–H and O–H groups in total. The molecule has 1 aromatic rings. The summed E-state index contributed by atoms with van der Waals surface area (Å²) in [4.78, 5) is 10.8. The molecule has 0 aliphatic carbocycles. The predicted molar refractivity (Wildman–Crippen MR) is 74.9 cm³/mol. The fourth-order valence-electron chi connectivity index (χ4n) is 1.34. The van der Waals surface area contributed by atoms with E-state index in [9.17, 15) is 13.2 Å². The number of carboxylic acid groups (broad SMARTS) is 1. The molecule has 19 heavy (non-hydrogen) atoms. The van der Waals surface area contributed by atoms with Crippen molar-refractivity contribution in [3.8, 4) is 5.75 Å². The van der Waals surface area contributed by atoms with Crippen molar-refractivity contribution in [2.45, 2.75) is 11.3 Å². The second-order valence-electron chi connectivity index (χ2n) is 3.60. The molecular weight excluding hydrogens is 312 g/mol. The van der Waals surface area contributed by atoms with E-state index in [0.29, 0.717) is 6.61 Å². The first-order valence-corrected chi connectivity index (χ1v) is 9.00. The molecule has 0 aliphatic heterocycles. The molecule has 0 fully saturated rings. The first-order chi connectivity index (χ1) is 8.86.